The fourth-order valence-electron chi connectivity index (χ4n) is 4.15. The molecule has 29 heavy (non-hydrogen) atoms. The minimum Gasteiger partial charge on any atom is -0.497 e. The molecule has 1 aliphatic carbocycles. The Kier molecular flexibility index (Phi) is 4.96. The molecular weight excluding hydrogens is 372 g/mol. The number of hydrazone groups is 1. The van der Waals surface area contributed by atoms with E-state index in [9.17, 15) is 9.59 Å². The van der Waals surface area contributed by atoms with Gasteiger partial charge in [0, 0.05) is 16.5 Å². The van der Waals surface area contributed by atoms with E-state index < -0.39 is 5.41 Å². The van der Waals surface area contributed by atoms with Crippen molar-refractivity contribution in [2.45, 2.75) is 32.3 Å². The fraction of sp³-hybridized carbons (Fsp3) is 0.318. The molecule has 1 N–H and O–H groups in total. The maximum absolute atomic E-state index is 12.6. The Labute approximate surface area is 168 Å². The summed E-state index contributed by atoms with van der Waals surface area (Å²) in [5.74, 6) is 0.00472. The Morgan fingerprint density at radius 1 is 1.31 bits per heavy atom. The standard InChI is InChI=1S/C22H22N2O5/c1-22-10-3-4-15(18(22)21(26)29-19(22)16-9-11-28-13-16)12-23-24-20(25)14-5-7-17(27-2)8-6-14/h5-9,11-13,19H,3-4,10H2,1-2H3,(H,24,25)/b23-12+/t19-,22+/m0/s1. The molecule has 150 valence electrons. The van der Waals surface area contributed by atoms with Gasteiger partial charge in [-0.25, -0.2) is 10.2 Å². The van der Waals surface area contributed by atoms with Crippen molar-refractivity contribution in [1.29, 1.82) is 0 Å². The summed E-state index contributed by atoms with van der Waals surface area (Å²) in [6.07, 6.45) is 6.82. The molecule has 1 saturated heterocycles. The zero-order valence-corrected chi connectivity index (χ0v) is 16.3. The lowest BCUT2D eigenvalue weighted by Gasteiger charge is -2.33. The first-order valence-electron chi connectivity index (χ1n) is 9.47. The number of benzene rings is 1. The zero-order valence-electron chi connectivity index (χ0n) is 16.3. The van der Waals surface area contributed by atoms with Gasteiger partial charge in [0.15, 0.2) is 0 Å². The van der Waals surface area contributed by atoms with Gasteiger partial charge in [0.2, 0.25) is 0 Å². The number of carbonyl (C=O) groups excluding carboxylic acids is 2. The quantitative estimate of drug-likeness (QED) is 0.473. The van der Waals surface area contributed by atoms with Crippen molar-refractivity contribution in [3.05, 3.63) is 65.1 Å². The lowest BCUT2D eigenvalue weighted by molar-refractivity contribution is -0.140. The van der Waals surface area contributed by atoms with Crippen LogP contribution in [-0.4, -0.2) is 25.2 Å². The molecule has 1 aromatic carbocycles. The third-order valence-electron chi connectivity index (χ3n) is 5.63. The molecule has 4 rings (SSSR count). The number of methoxy groups -OCH3 is 1. The summed E-state index contributed by atoms with van der Waals surface area (Å²) in [4.78, 5) is 24.9. The summed E-state index contributed by atoms with van der Waals surface area (Å²) < 4.78 is 15.9. The summed E-state index contributed by atoms with van der Waals surface area (Å²) in [6, 6.07) is 8.56. The normalized spacial score (nSPS) is 23.8. The molecule has 7 heteroatoms. The van der Waals surface area contributed by atoms with Crippen LogP contribution in [0.3, 0.4) is 0 Å². The van der Waals surface area contributed by atoms with Crippen molar-refractivity contribution < 1.29 is 23.5 Å². The van der Waals surface area contributed by atoms with E-state index in [2.05, 4.69) is 10.5 Å². The number of allylic oxidation sites excluding steroid dienone is 1. The topological polar surface area (TPSA) is 90.1 Å². The maximum atomic E-state index is 12.6. The number of amides is 1. The number of esters is 1. The molecule has 2 atom stereocenters. The van der Waals surface area contributed by atoms with Crippen molar-refractivity contribution in [2.75, 3.05) is 7.11 Å². The molecule has 2 aromatic rings. The predicted molar refractivity (Wildman–Crippen MR) is 105 cm³/mol. The van der Waals surface area contributed by atoms with E-state index in [4.69, 9.17) is 13.9 Å². The Hall–Kier alpha value is -3.35. The van der Waals surface area contributed by atoms with Gasteiger partial charge in [-0.1, -0.05) is 6.92 Å². The highest BCUT2D eigenvalue weighted by molar-refractivity contribution is 6.01. The smallest absolute Gasteiger partial charge is 0.335 e. The number of carbonyl (C=O) groups is 2. The molecule has 0 unspecified atom stereocenters. The van der Waals surface area contributed by atoms with Crippen LogP contribution >= 0.6 is 0 Å². The minimum absolute atomic E-state index is 0.332. The van der Waals surface area contributed by atoms with Crippen LogP contribution in [0.25, 0.3) is 0 Å². The van der Waals surface area contributed by atoms with Gasteiger partial charge in [0.25, 0.3) is 5.91 Å². The van der Waals surface area contributed by atoms with Crippen LogP contribution in [0.5, 0.6) is 5.75 Å². The van der Waals surface area contributed by atoms with E-state index in [0.29, 0.717) is 23.3 Å². The van der Waals surface area contributed by atoms with Crippen molar-refractivity contribution in [1.82, 2.24) is 5.43 Å². The van der Waals surface area contributed by atoms with Crippen LogP contribution in [0, 0.1) is 5.41 Å². The molecule has 1 aliphatic heterocycles. The predicted octanol–water partition coefficient (Wildman–Crippen LogP) is 3.79. The highest BCUT2D eigenvalue weighted by Crippen LogP contribution is 2.55. The largest absolute Gasteiger partial charge is 0.497 e. The molecule has 1 amide bonds. The molecule has 1 aromatic heterocycles. The first-order valence-corrected chi connectivity index (χ1v) is 9.47. The number of cyclic esters (lactones) is 1. The van der Waals surface area contributed by atoms with Gasteiger partial charge < -0.3 is 13.9 Å². The second-order valence-electron chi connectivity index (χ2n) is 7.44. The average Bonchev–Trinajstić information content (AvgIpc) is 3.34. The van der Waals surface area contributed by atoms with Crippen LogP contribution in [0.2, 0.25) is 0 Å². The summed E-state index contributed by atoms with van der Waals surface area (Å²) in [5.41, 5.74) is 4.82. The Morgan fingerprint density at radius 2 is 2.10 bits per heavy atom. The van der Waals surface area contributed by atoms with Gasteiger partial charge in [-0.3, -0.25) is 4.79 Å². The summed E-state index contributed by atoms with van der Waals surface area (Å²) in [6.45, 7) is 2.04. The van der Waals surface area contributed by atoms with Crippen molar-refractivity contribution in [3.8, 4) is 5.75 Å². The van der Waals surface area contributed by atoms with E-state index >= 15 is 0 Å². The van der Waals surface area contributed by atoms with Gasteiger partial charge in [0.1, 0.15) is 11.9 Å². The van der Waals surface area contributed by atoms with Gasteiger partial charge in [-0.15, -0.1) is 0 Å². The van der Waals surface area contributed by atoms with Crippen LogP contribution in [0.1, 0.15) is 48.2 Å². The van der Waals surface area contributed by atoms with Crippen LogP contribution in [0.4, 0.5) is 0 Å². The van der Waals surface area contributed by atoms with E-state index in [1.807, 2.05) is 13.0 Å². The van der Waals surface area contributed by atoms with E-state index in [-0.39, 0.29) is 18.0 Å². The summed E-state index contributed by atoms with van der Waals surface area (Å²) in [5, 5.41) is 4.09. The van der Waals surface area contributed by atoms with Gasteiger partial charge >= 0.3 is 5.97 Å². The first kappa shape index (κ1) is 19.0. The first-order chi connectivity index (χ1) is 14.0. The molecule has 1 fully saturated rings. The number of furan rings is 1. The SMILES string of the molecule is COc1ccc(C(=O)N/N=C/C2=C3C(=O)O[C@@H](c4ccoc4)[C@]3(C)CCC2)cc1. The van der Waals surface area contributed by atoms with Crippen LogP contribution in [-0.2, 0) is 9.53 Å². The number of fused-ring (bicyclic) bond motifs is 1. The lowest BCUT2D eigenvalue weighted by atomic mass is 9.68. The highest BCUT2D eigenvalue weighted by atomic mass is 16.6. The lowest BCUT2D eigenvalue weighted by Crippen LogP contribution is -2.27. The zero-order chi connectivity index (χ0) is 20.4. The Balaban J connectivity index is 1.53. The monoisotopic (exact) mass is 394 g/mol. The van der Waals surface area contributed by atoms with E-state index in [0.717, 1.165) is 24.0 Å². The molecule has 0 bridgehead atoms. The Bertz CT molecular complexity index is 975. The molecule has 2 aliphatic rings. The molecule has 0 spiro atoms. The molecule has 0 radical (unpaired) electrons. The molecular formula is C22H22N2O5. The average molecular weight is 394 g/mol. The third kappa shape index (κ3) is 3.44. The van der Waals surface area contributed by atoms with Crippen molar-refractivity contribution >= 4 is 18.1 Å². The van der Waals surface area contributed by atoms with Crippen LogP contribution < -0.4 is 10.2 Å². The second-order valence-corrected chi connectivity index (χ2v) is 7.44. The number of hydrogen-bond donors (Lipinski definition) is 1. The maximum Gasteiger partial charge on any atom is 0.335 e. The van der Waals surface area contributed by atoms with Crippen molar-refractivity contribution in [2.24, 2.45) is 10.5 Å². The van der Waals surface area contributed by atoms with Crippen molar-refractivity contribution in [3.63, 3.8) is 0 Å². The second kappa shape index (κ2) is 7.58. The highest BCUT2D eigenvalue weighted by Gasteiger charge is 2.53. The molecule has 7 nitrogen and oxygen atoms in total. The number of ether oxygens (including phenoxy) is 2. The summed E-state index contributed by atoms with van der Waals surface area (Å²) >= 11 is 0. The third-order valence-corrected chi connectivity index (χ3v) is 5.63. The number of rotatable bonds is 5. The minimum atomic E-state index is -0.444. The molecule has 0 saturated carbocycles. The van der Waals surface area contributed by atoms with Crippen LogP contribution in [0.15, 0.2) is 63.5 Å². The summed E-state index contributed by atoms with van der Waals surface area (Å²) in [7, 11) is 1.57. The van der Waals surface area contributed by atoms with Gasteiger partial charge in [-0.05, 0) is 55.2 Å². The molecule has 2 heterocycles. The number of hydrogen-bond acceptors (Lipinski definition) is 6. The van der Waals surface area contributed by atoms with E-state index in [1.54, 1.807) is 50.1 Å². The number of nitrogens with zero attached hydrogens (tertiary/aromatic N) is 1. The number of nitrogens with one attached hydrogen (secondary N) is 1. The Morgan fingerprint density at radius 3 is 2.79 bits per heavy atom. The van der Waals surface area contributed by atoms with E-state index in [1.165, 1.54) is 0 Å². The fourth-order valence-corrected chi connectivity index (χ4v) is 4.15. The van der Waals surface area contributed by atoms with Gasteiger partial charge in [0.05, 0.1) is 31.4 Å². The van der Waals surface area contributed by atoms with Gasteiger partial charge in [-0.2, -0.15) is 5.10 Å².